The van der Waals surface area contributed by atoms with E-state index in [0.717, 1.165) is 0 Å². The molecule has 1 aliphatic rings. The minimum absolute atomic E-state index is 3.52. The van der Waals surface area contributed by atoms with E-state index in [0.29, 0.717) is 0 Å². The fourth-order valence-electron chi connectivity index (χ4n) is 1.68. The van der Waals surface area contributed by atoms with Gasteiger partial charge in [0.15, 0.2) is 5.83 Å². The molecule has 0 bridgehead atoms. The van der Waals surface area contributed by atoms with Crippen molar-refractivity contribution >= 4 is 0 Å². The van der Waals surface area contributed by atoms with Crippen LogP contribution in [0.5, 0.6) is 0 Å². The summed E-state index contributed by atoms with van der Waals surface area (Å²) in [5, 5.41) is 0. The van der Waals surface area contributed by atoms with Crippen LogP contribution < -0.4 is 0 Å². The molecule has 0 aromatic carbocycles. The Morgan fingerprint density at radius 1 is 0.739 bits per heavy atom. The van der Waals surface area contributed by atoms with E-state index in [1.165, 1.54) is 0 Å². The zero-order chi connectivity index (χ0) is 18.8. The van der Waals surface area contributed by atoms with Gasteiger partial charge in [0, 0.05) is 0 Å². The lowest BCUT2D eigenvalue weighted by Gasteiger charge is -2.42. The minimum atomic E-state index is -7.53. The van der Waals surface area contributed by atoms with Gasteiger partial charge in [0.2, 0.25) is 0 Å². The lowest BCUT2D eigenvalue weighted by atomic mass is 9.73. The molecule has 134 valence electrons. The molecule has 0 spiro atoms. The van der Waals surface area contributed by atoms with Crippen molar-refractivity contribution in [2.24, 2.45) is 0 Å². The van der Waals surface area contributed by atoms with Crippen LogP contribution in [-0.2, 0) is 0 Å². The van der Waals surface area contributed by atoms with Crippen molar-refractivity contribution < 1.29 is 61.5 Å². The first-order chi connectivity index (χ1) is 9.85. The van der Waals surface area contributed by atoms with Gasteiger partial charge in [-0.25, -0.2) is 8.78 Å². The molecule has 0 aromatic rings. The zero-order valence-corrected chi connectivity index (χ0v) is 9.79. The van der Waals surface area contributed by atoms with Crippen molar-refractivity contribution in [1.82, 2.24) is 0 Å². The molecule has 1 atom stereocenters. The molecule has 1 aliphatic carbocycles. The Morgan fingerprint density at radius 2 is 1.13 bits per heavy atom. The molecular formula is C9F14. The van der Waals surface area contributed by atoms with Crippen LogP contribution in [0.25, 0.3) is 0 Å². The highest BCUT2D eigenvalue weighted by molar-refractivity contribution is 5.61. The summed E-state index contributed by atoms with van der Waals surface area (Å²) in [4.78, 5) is 0. The van der Waals surface area contributed by atoms with Crippen LogP contribution in [0.1, 0.15) is 0 Å². The third-order valence-corrected chi connectivity index (χ3v) is 2.77. The lowest BCUT2D eigenvalue weighted by molar-refractivity contribution is -0.373. The second kappa shape index (κ2) is 4.75. The molecule has 23 heavy (non-hydrogen) atoms. The monoisotopic (exact) mass is 374 g/mol. The predicted molar refractivity (Wildman–Crippen MR) is 43.2 cm³/mol. The van der Waals surface area contributed by atoms with E-state index in [9.17, 15) is 61.5 Å². The number of allylic oxidation sites excluding steroid dienone is 3. The maximum absolute atomic E-state index is 13.6. The van der Waals surface area contributed by atoms with E-state index in [4.69, 9.17) is 0 Å². The zero-order valence-electron chi connectivity index (χ0n) is 9.79. The van der Waals surface area contributed by atoms with Crippen molar-refractivity contribution in [1.29, 1.82) is 0 Å². The highest BCUT2D eigenvalue weighted by atomic mass is 19.4. The molecule has 0 saturated carbocycles. The summed E-state index contributed by atoms with van der Waals surface area (Å²) in [5.41, 5.74) is -14.5. The van der Waals surface area contributed by atoms with E-state index in [1.807, 2.05) is 0 Å². The predicted octanol–water partition coefficient (Wildman–Crippen LogP) is 5.48. The molecule has 0 nitrogen and oxygen atoms in total. The molecule has 1 unspecified atom stereocenters. The molecule has 0 heterocycles. The fourth-order valence-corrected chi connectivity index (χ4v) is 1.68. The van der Waals surface area contributed by atoms with E-state index in [1.54, 1.807) is 0 Å². The summed E-state index contributed by atoms with van der Waals surface area (Å²) in [6.07, 6.45) is -18.7. The number of hydrogen-bond acceptors (Lipinski definition) is 0. The second-order valence-corrected chi connectivity index (χ2v) is 4.13. The highest BCUT2D eigenvalue weighted by Gasteiger charge is 2.86. The Balaban J connectivity index is 3.87. The Hall–Kier alpha value is -1.50. The van der Waals surface area contributed by atoms with Gasteiger partial charge in [0.1, 0.15) is 5.57 Å². The largest absolute Gasteiger partial charge is 0.457 e. The Labute approximate surface area is 116 Å². The van der Waals surface area contributed by atoms with Crippen LogP contribution in [0.2, 0.25) is 0 Å². The number of rotatable bonds is 2. The molecular weight excluding hydrogens is 374 g/mol. The molecule has 0 radical (unpaired) electrons. The summed E-state index contributed by atoms with van der Waals surface area (Å²) in [6.45, 7) is 0. The summed E-state index contributed by atoms with van der Waals surface area (Å²) >= 11 is 0. The van der Waals surface area contributed by atoms with E-state index >= 15 is 0 Å². The van der Waals surface area contributed by atoms with Gasteiger partial charge in [0.25, 0.3) is 6.08 Å². The molecule has 14 heteroatoms. The quantitative estimate of drug-likeness (QED) is 0.562. The normalized spacial score (nSPS) is 21.9. The first-order valence-electron chi connectivity index (χ1n) is 4.90. The molecule has 0 fully saturated rings. The average molecular weight is 374 g/mol. The molecule has 0 amide bonds. The van der Waals surface area contributed by atoms with Gasteiger partial charge in [-0.1, -0.05) is 0 Å². The average Bonchev–Trinajstić information content (AvgIpc) is 2.30. The van der Waals surface area contributed by atoms with Gasteiger partial charge in [-0.05, 0) is 0 Å². The maximum atomic E-state index is 13.6. The Kier molecular flexibility index (Phi) is 4.04. The second-order valence-electron chi connectivity index (χ2n) is 4.13. The van der Waals surface area contributed by atoms with Crippen LogP contribution in [0.4, 0.5) is 61.5 Å². The van der Waals surface area contributed by atoms with Crippen LogP contribution in [0.15, 0.2) is 23.1 Å². The summed E-state index contributed by atoms with van der Waals surface area (Å²) in [7, 11) is 0. The van der Waals surface area contributed by atoms with Gasteiger partial charge < -0.3 is 0 Å². The number of hydrogen-bond donors (Lipinski definition) is 0. The lowest BCUT2D eigenvalue weighted by Crippen LogP contribution is -2.66. The molecule has 0 aliphatic heterocycles. The summed E-state index contributed by atoms with van der Waals surface area (Å²) < 4.78 is 175. The van der Waals surface area contributed by atoms with Crippen molar-refractivity contribution in [2.45, 2.75) is 29.9 Å². The van der Waals surface area contributed by atoms with E-state index in [2.05, 4.69) is 0 Å². The third-order valence-electron chi connectivity index (χ3n) is 2.77. The van der Waals surface area contributed by atoms with Gasteiger partial charge in [0.05, 0.1) is 5.57 Å². The standard InChI is InChI=1S/C9F14/c10-3-1(2(4(11)12)5(3,13)14)6(15,8(18,19)20)7(16,17)9(21,22)23. The van der Waals surface area contributed by atoms with Crippen LogP contribution in [-0.4, -0.2) is 29.9 Å². The minimum Gasteiger partial charge on any atom is -0.221 e. The Morgan fingerprint density at radius 3 is 1.39 bits per heavy atom. The van der Waals surface area contributed by atoms with E-state index in [-0.39, 0.29) is 0 Å². The van der Waals surface area contributed by atoms with Crippen LogP contribution in [0, 0.1) is 0 Å². The van der Waals surface area contributed by atoms with Gasteiger partial charge in [-0.3, -0.25) is 0 Å². The van der Waals surface area contributed by atoms with Crippen LogP contribution in [0.3, 0.4) is 0 Å². The third kappa shape index (κ3) is 2.28. The van der Waals surface area contributed by atoms with Gasteiger partial charge in [-0.2, -0.15) is 52.7 Å². The first-order valence-corrected chi connectivity index (χ1v) is 4.90. The number of alkyl halides is 11. The van der Waals surface area contributed by atoms with Gasteiger partial charge in [-0.15, -0.1) is 0 Å². The van der Waals surface area contributed by atoms with E-state index < -0.39 is 52.9 Å². The summed E-state index contributed by atoms with van der Waals surface area (Å²) in [5.74, 6) is -17.0. The van der Waals surface area contributed by atoms with Crippen LogP contribution >= 0.6 is 0 Å². The first kappa shape index (κ1) is 19.5. The molecule has 0 N–H and O–H groups in total. The number of halogens is 14. The highest BCUT2D eigenvalue weighted by Crippen LogP contribution is 2.65. The molecule has 0 aromatic heterocycles. The topological polar surface area (TPSA) is 0 Å². The molecule has 0 saturated heterocycles. The SMILES string of the molecule is FC(F)=C1C(C(F)(C(F)(F)F)C(F)(F)C(F)(F)F)=C(F)C1(F)F. The van der Waals surface area contributed by atoms with Crippen molar-refractivity contribution in [3.63, 3.8) is 0 Å². The van der Waals surface area contributed by atoms with Crippen molar-refractivity contribution in [3.8, 4) is 0 Å². The molecule has 1 rings (SSSR count). The van der Waals surface area contributed by atoms with Crippen molar-refractivity contribution in [2.75, 3.05) is 0 Å². The maximum Gasteiger partial charge on any atom is 0.457 e. The van der Waals surface area contributed by atoms with Gasteiger partial charge >= 0.3 is 29.9 Å². The fraction of sp³-hybridized carbons (Fsp3) is 0.556. The summed E-state index contributed by atoms with van der Waals surface area (Å²) in [6, 6.07) is 0. The smallest absolute Gasteiger partial charge is 0.221 e. The van der Waals surface area contributed by atoms with Crippen molar-refractivity contribution in [3.05, 3.63) is 23.1 Å². The Bertz CT molecular complexity index is 568.